The van der Waals surface area contributed by atoms with Crippen molar-refractivity contribution in [3.8, 4) is 0 Å². The summed E-state index contributed by atoms with van der Waals surface area (Å²) in [6.07, 6.45) is 5.81. The van der Waals surface area contributed by atoms with E-state index in [2.05, 4.69) is 16.8 Å². The van der Waals surface area contributed by atoms with Gasteiger partial charge in [0.05, 0.1) is 6.10 Å². The number of piperidine rings is 1. The van der Waals surface area contributed by atoms with Crippen molar-refractivity contribution >= 4 is 5.82 Å². The Morgan fingerprint density at radius 3 is 2.67 bits per heavy atom. The van der Waals surface area contributed by atoms with Crippen molar-refractivity contribution in [2.24, 2.45) is 5.73 Å². The van der Waals surface area contributed by atoms with E-state index in [1.165, 1.54) is 18.4 Å². The lowest BCUT2D eigenvalue weighted by Crippen LogP contribution is -2.45. The SMILES string of the molecule is Cc1ccnc(N2C3CCC2CC(O)C3)c1CN. The number of nitrogens with two attached hydrogens (primary N) is 1. The van der Waals surface area contributed by atoms with Gasteiger partial charge in [-0.25, -0.2) is 4.98 Å². The predicted molar refractivity (Wildman–Crippen MR) is 71.4 cm³/mol. The second-order valence-corrected chi connectivity index (χ2v) is 5.55. The molecule has 4 heteroatoms. The second kappa shape index (κ2) is 4.52. The fourth-order valence-corrected chi connectivity index (χ4v) is 3.54. The summed E-state index contributed by atoms with van der Waals surface area (Å²) in [5.41, 5.74) is 8.25. The fraction of sp³-hybridized carbons (Fsp3) is 0.643. The average molecular weight is 247 g/mol. The summed E-state index contributed by atoms with van der Waals surface area (Å²) in [6.45, 7) is 2.63. The highest BCUT2D eigenvalue weighted by Crippen LogP contribution is 2.40. The summed E-state index contributed by atoms with van der Waals surface area (Å²) in [6, 6.07) is 2.91. The number of nitrogens with zero attached hydrogens (tertiary/aromatic N) is 2. The number of anilines is 1. The van der Waals surface area contributed by atoms with E-state index >= 15 is 0 Å². The van der Waals surface area contributed by atoms with Gasteiger partial charge in [-0.2, -0.15) is 0 Å². The maximum atomic E-state index is 9.86. The van der Waals surface area contributed by atoms with Crippen molar-refractivity contribution in [3.63, 3.8) is 0 Å². The summed E-state index contributed by atoms with van der Waals surface area (Å²) in [5, 5.41) is 9.86. The van der Waals surface area contributed by atoms with E-state index in [0.29, 0.717) is 18.6 Å². The molecule has 0 aromatic carbocycles. The Balaban J connectivity index is 1.99. The third-order valence-corrected chi connectivity index (χ3v) is 4.42. The normalized spacial score (nSPS) is 30.8. The van der Waals surface area contributed by atoms with Crippen LogP contribution in [0, 0.1) is 6.92 Å². The van der Waals surface area contributed by atoms with E-state index in [0.717, 1.165) is 24.2 Å². The number of rotatable bonds is 2. The maximum Gasteiger partial charge on any atom is 0.133 e. The van der Waals surface area contributed by atoms with Gasteiger partial charge in [0.25, 0.3) is 0 Å². The van der Waals surface area contributed by atoms with E-state index in [4.69, 9.17) is 5.73 Å². The van der Waals surface area contributed by atoms with Crippen LogP contribution in [0.1, 0.15) is 36.8 Å². The first-order valence-corrected chi connectivity index (χ1v) is 6.81. The van der Waals surface area contributed by atoms with Crippen LogP contribution < -0.4 is 10.6 Å². The standard InChI is InChI=1S/C14H21N3O/c1-9-4-5-16-14(13(9)8-15)17-10-2-3-11(17)7-12(18)6-10/h4-5,10-12,18H,2-3,6-8,15H2,1H3. The summed E-state index contributed by atoms with van der Waals surface area (Å²) in [4.78, 5) is 6.98. The van der Waals surface area contributed by atoms with Crippen LogP contribution in [0.5, 0.6) is 0 Å². The molecule has 1 aromatic heterocycles. The molecule has 18 heavy (non-hydrogen) atoms. The van der Waals surface area contributed by atoms with Crippen LogP contribution in [0.2, 0.25) is 0 Å². The Hall–Kier alpha value is -1.13. The van der Waals surface area contributed by atoms with Crippen molar-refractivity contribution in [1.29, 1.82) is 0 Å². The zero-order chi connectivity index (χ0) is 12.7. The molecule has 2 bridgehead atoms. The number of hydrogen-bond donors (Lipinski definition) is 2. The Bertz CT molecular complexity index is 435. The zero-order valence-electron chi connectivity index (χ0n) is 10.8. The van der Waals surface area contributed by atoms with Crippen LogP contribution in [-0.4, -0.2) is 28.3 Å². The molecule has 2 saturated heterocycles. The monoisotopic (exact) mass is 247 g/mol. The van der Waals surface area contributed by atoms with Gasteiger partial charge in [0.15, 0.2) is 0 Å². The molecule has 0 aliphatic carbocycles. The molecule has 4 nitrogen and oxygen atoms in total. The van der Waals surface area contributed by atoms with Crippen molar-refractivity contribution < 1.29 is 5.11 Å². The predicted octanol–water partition coefficient (Wildman–Crippen LogP) is 1.34. The Morgan fingerprint density at radius 2 is 2.06 bits per heavy atom. The molecule has 98 valence electrons. The van der Waals surface area contributed by atoms with E-state index < -0.39 is 0 Å². The summed E-state index contributed by atoms with van der Waals surface area (Å²) in [5.74, 6) is 1.05. The quantitative estimate of drug-likeness (QED) is 0.828. The van der Waals surface area contributed by atoms with E-state index in [9.17, 15) is 5.11 Å². The van der Waals surface area contributed by atoms with Crippen LogP contribution in [0.15, 0.2) is 12.3 Å². The van der Waals surface area contributed by atoms with E-state index in [1.807, 2.05) is 12.3 Å². The molecule has 0 amide bonds. The molecular formula is C14H21N3O. The van der Waals surface area contributed by atoms with Gasteiger partial charge in [0.1, 0.15) is 5.82 Å². The number of aliphatic hydroxyl groups excluding tert-OH is 1. The number of hydrogen-bond acceptors (Lipinski definition) is 4. The van der Waals surface area contributed by atoms with Crippen LogP contribution >= 0.6 is 0 Å². The minimum atomic E-state index is -0.134. The molecule has 0 radical (unpaired) electrons. The lowest BCUT2D eigenvalue weighted by atomic mass is 9.98. The second-order valence-electron chi connectivity index (χ2n) is 5.55. The first-order valence-electron chi connectivity index (χ1n) is 6.81. The van der Waals surface area contributed by atoms with Gasteiger partial charge in [-0.15, -0.1) is 0 Å². The smallest absolute Gasteiger partial charge is 0.133 e. The highest BCUT2D eigenvalue weighted by Gasteiger charge is 2.41. The molecule has 3 N–H and O–H groups in total. The summed E-state index contributed by atoms with van der Waals surface area (Å²) >= 11 is 0. The van der Waals surface area contributed by atoms with Crippen molar-refractivity contribution in [2.75, 3.05) is 4.90 Å². The maximum absolute atomic E-state index is 9.86. The molecule has 3 rings (SSSR count). The topological polar surface area (TPSA) is 62.4 Å². The van der Waals surface area contributed by atoms with Gasteiger partial charge in [0, 0.05) is 30.4 Å². The molecule has 1 aromatic rings. The molecule has 2 fully saturated rings. The molecule has 0 saturated carbocycles. The highest BCUT2D eigenvalue weighted by atomic mass is 16.3. The Kier molecular flexibility index (Phi) is 2.99. The summed E-state index contributed by atoms with van der Waals surface area (Å²) < 4.78 is 0. The van der Waals surface area contributed by atoms with Gasteiger partial charge in [-0.1, -0.05) is 0 Å². The molecule has 0 spiro atoms. The molecule has 2 aliphatic rings. The minimum Gasteiger partial charge on any atom is -0.393 e. The number of aryl methyl sites for hydroxylation is 1. The Labute approximate surface area is 108 Å². The van der Waals surface area contributed by atoms with E-state index in [-0.39, 0.29) is 6.10 Å². The van der Waals surface area contributed by atoms with Crippen molar-refractivity contribution in [3.05, 3.63) is 23.4 Å². The van der Waals surface area contributed by atoms with Gasteiger partial charge < -0.3 is 15.7 Å². The average Bonchev–Trinajstić information content (AvgIpc) is 2.61. The fourth-order valence-electron chi connectivity index (χ4n) is 3.54. The number of pyridine rings is 1. The third kappa shape index (κ3) is 1.80. The molecule has 2 atom stereocenters. The van der Waals surface area contributed by atoms with Crippen molar-refractivity contribution in [2.45, 2.75) is 57.3 Å². The van der Waals surface area contributed by atoms with Gasteiger partial charge in [0.2, 0.25) is 0 Å². The van der Waals surface area contributed by atoms with Crippen LogP contribution in [0.25, 0.3) is 0 Å². The van der Waals surface area contributed by atoms with Crippen LogP contribution in [-0.2, 0) is 6.54 Å². The minimum absolute atomic E-state index is 0.134. The third-order valence-electron chi connectivity index (χ3n) is 4.42. The molecule has 2 aliphatic heterocycles. The van der Waals surface area contributed by atoms with Crippen molar-refractivity contribution in [1.82, 2.24) is 4.98 Å². The largest absolute Gasteiger partial charge is 0.393 e. The lowest BCUT2D eigenvalue weighted by Gasteiger charge is -2.39. The van der Waals surface area contributed by atoms with E-state index in [1.54, 1.807) is 0 Å². The van der Waals surface area contributed by atoms with Crippen LogP contribution in [0.4, 0.5) is 5.82 Å². The van der Waals surface area contributed by atoms with Crippen LogP contribution in [0.3, 0.4) is 0 Å². The summed E-state index contributed by atoms with van der Waals surface area (Å²) in [7, 11) is 0. The lowest BCUT2D eigenvalue weighted by molar-refractivity contribution is 0.126. The zero-order valence-corrected chi connectivity index (χ0v) is 10.8. The van der Waals surface area contributed by atoms with Gasteiger partial charge in [-0.05, 0) is 44.2 Å². The Morgan fingerprint density at radius 1 is 1.39 bits per heavy atom. The molecule has 3 heterocycles. The van der Waals surface area contributed by atoms with Gasteiger partial charge >= 0.3 is 0 Å². The first-order chi connectivity index (χ1) is 8.70. The molecular weight excluding hydrogens is 226 g/mol. The first kappa shape index (κ1) is 11.9. The highest BCUT2D eigenvalue weighted by molar-refractivity contribution is 5.53. The number of aromatic nitrogens is 1. The number of aliphatic hydroxyl groups is 1. The molecule has 2 unspecified atom stereocenters. The van der Waals surface area contributed by atoms with Gasteiger partial charge in [-0.3, -0.25) is 0 Å². The number of fused-ring (bicyclic) bond motifs is 2.